The summed E-state index contributed by atoms with van der Waals surface area (Å²) in [6, 6.07) is 7.57. The van der Waals surface area contributed by atoms with E-state index in [4.69, 9.17) is 5.73 Å². The molecule has 0 bridgehead atoms. The molecule has 21 heavy (non-hydrogen) atoms. The summed E-state index contributed by atoms with van der Waals surface area (Å²) in [6.45, 7) is 0.634. The lowest BCUT2D eigenvalue weighted by molar-refractivity contribution is 0.477. The third kappa shape index (κ3) is 4.85. The molecule has 1 saturated carbocycles. The fourth-order valence-corrected chi connectivity index (χ4v) is 4.15. The Kier molecular flexibility index (Phi) is 5.80. The molecule has 0 aromatic heterocycles. The lowest BCUT2D eigenvalue weighted by Gasteiger charge is -2.22. The molecular formula is C16H22N2O2S. The fourth-order valence-electron chi connectivity index (χ4n) is 2.59. The molecule has 1 fully saturated rings. The number of benzene rings is 1. The normalized spacial score (nSPS) is 16.2. The Morgan fingerprint density at radius 3 is 2.71 bits per heavy atom. The number of nitrogens with one attached hydrogen (secondary N) is 1. The molecule has 0 heterocycles. The van der Waals surface area contributed by atoms with E-state index in [0.29, 0.717) is 13.1 Å². The predicted molar refractivity (Wildman–Crippen MR) is 85.0 cm³/mol. The molecule has 1 aromatic rings. The van der Waals surface area contributed by atoms with E-state index in [1.807, 2.05) is 24.3 Å². The summed E-state index contributed by atoms with van der Waals surface area (Å²) in [5.74, 6) is 5.75. The lowest BCUT2D eigenvalue weighted by atomic mass is 10.0. The van der Waals surface area contributed by atoms with Crippen LogP contribution >= 0.6 is 0 Å². The van der Waals surface area contributed by atoms with Crippen LogP contribution in [0.3, 0.4) is 0 Å². The zero-order valence-corrected chi connectivity index (χ0v) is 13.0. The second-order valence-corrected chi connectivity index (χ2v) is 7.38. The van der Waals surface area contributed by atoms with Gasteiger partial charge in [-0.3, -0.25) is 0 Å². The summed E-state index contributed by atoms with van der Waals surface area (Å²) in [5.41, 5.74) is 7.12. The van der Waals surface area contributed by atoms with Gasteiger partial charge >= 0.3 is 0 Å². The van der Waals surface area contributed by atoms with Crippen LogP contribution in [0.4, 0.5) is 0 Å². The second-order valence-electron chi connectivity index (χ2n) is 5.33. The summed E-state index contributed by atoms with van der Waals surface area (Å²) in [6.07, 6.45) is 4.72. The van der Waals surface area contributed by atoms with Crippen molar-refractivity contribution in [1.82, 2.24) is 4.72 Å². The van der Waals surface area contributed by atoms with Crippen LogP contribution in [0.1, 0.15) is 43.2 Å². The van der Waals surface area contributed by atoms with Gasteiger partial charge in [-0.1, -0.05) is 43.2 Å². The van der Waals surface area contributed by atoms with Crippen LogP contribution in [-0.4, -0.2) is 20.2 Å². The molecule has 0 unspecified atom stereocenters. The molecular weight excluding hydrogens is 284 g/mol. The molecule has 114 valence electrons. The summed E-state index contributed by atoms with van der Waals surface area (Å²) < 4.78 is 27.2. The van der Waals surface area contributed by atoms with Crippen LogP contribution in [0.25, 0.3) is 0 Å². The van der Waals surface area contributed by atoms with Crippen molar-refractivity contribution < 1.29 is 8.42 Å². The average molecular weight is 306 g/mol. The zero-order valence-electron chi connectivity index (χ0n) is 12.1. The van der Waals surface area contributed by atoms with E-state index in [-0.39, 0.29) is 5.25 Å². The molecule has 3 N–H and O–H groups in total. The lowest BCUT2D eigenvalue weighted by Crippen LogP contribution is -2.35. The molecule has 1 aliphatic carbocycles. The summed E-state index contributed by atoms with van der Waals surface area (Å²) in [7, 11) is -3.22. The Hall–Kier alpha value is -1.35. The maximum Gasteiger partial charge on any atom is 0.214 e. The van der Waals surface area contributed by atoms with E-state index in [2.05, 4.69) is 16.6 Å². The molecule has 5 heteroatoms. The second kappa shape index (κ2) is 7.60. The first-order chi connectivity index (χ1) is 10.1. The smallest absolute Gasteiger partial charge is 0.214 e. The first-order valence-electron chi connectivity index (χ1n) is 7.38. The van der Waals surface area contributed by atoms with Gasteiger partial charge in [0.15, 0.2) is 0 Å². The van der Waals surface area contributed by atoms with E-state index >= 15 is 0 Å². The molecule has 2 rings (SSSR count). The van der Waals surface area contributed by atoms with Gasteiger partial charge in [0.05, 0.1) is 11.8 Å². The van der Waals surface area contributed by atoms with Crippen molar-refractivity contribution in [3.8, 4) is 11.8 Å². The Balaban J connectivity index is 1.98. The van der Waals surface area contributed by atoms with Crippen LogP contribution < -0.4 is 10.5 Å². The van der Waals surface area contributed by atoms with Gasteiger partial charge < -0.3 is 5.73 Å². The van der Waals surface area contributed by atoms with Crippen molar-refractivity contribution in [3.63, 3.8) is 0 Å². The standard InChI is InChI=1S/C16H22N2O2S/c17-11-5-8-14-6-4-7-15(12-14)13-18-21(19,20)16-9-2-1-3-10-16/h4,6-7,12,16,18H,1-3,9-11,13,17H2. The maximum atomic E-state index is 12.3. The van der Waals surface area contributed by atoms with E-state index in [1.54, 1.807) is 0 Å². The Morgan fingerprint density at radius 1 is 1.24 bits per heavy atom. The van der Waals surface area contributed by atoms with Gasteiger partial charge in [-0.15, -0.1) is 0 Å². The summed E-state index contributed by atoms with van der Waals surface area (Å²) in [4.78, 5) is 0. The van der Waals surface area contributed by atoms with Crippen LogP contribution in [0.15, 0.2) is 24.3 Å². The molecule has 0 saturated heterocycles. The number of sulfonamides is 1. The highest BCUT2D eigenvalue weighted by molar-refractivity contribution is 7.90. The first-order valence-corrected chi connectivity index (χ1v) is 8.93. The highest BCUT2D eigenvalue weighted by Crippen LogP contribution is 2.23. The molecule has 0 aliphatic heterocycles. The van der Waals surface area contributed by atoms with Crippen LogP contribution in [0.5, 0.6) is 0 Å². The molecule has 0 atom stereocenters. The third-order valence-corrected chi connectivity index (χ3v) is 5.63. The van der Waals surface area contributed by atoms with Crippen LogP contribution in [0, 0.1) is 11.8 Å². The topological polar surface area (TPSA) is 72.2 Å². The number of nitrogens with two attached hydrogens (primary N) is 1. The van der Waals surface area contributed by atoms with E-state index in [0.717, 1.165) is 43.2 Å². The van der Waals surface area contributed by atoms with Crippen molar-refractivity contribution in [2.45, 2.75) is 43.9 Å². The largest absolute Gasteiger partial charge is 0.320 e. The fraction of sp³-hybridized carbons (Fsp3) is 0.500. The van der Waals surface area contributed by atoms with E-state index < -0.39 is 10.0 Å². The summed E-state index contributed by atoms with van der Waals surface area (Å²) in [5, 5.41) is -0.230. The van der Waals surface area contributed by atoms with Crippen molar-refractivity contribution in [2.24, 2.45) is 5.73 Å². The zero-order chi connectivity index (χ0) is 15.1. The summed E-state index contributed by atoms with van der Waals surface area (Å²) >= 11 is 0. The predicted octanol–water partition coefficient (Wildman–Crippen LogP) is 1.75. The van der Waals surface area contributed by atoms with E-state index in [1.165, 1.54) is 0 Å². The Morgan fingerprint density at radius 2 is 2.00 bits per heavy atom. The molecule has 1 aliphatic rings. The van der Waals surface area contributed by atoms with Gasteiger partial charge in [0.25, 0.3) is 0 Å². The minimum absolute atomic E-state index is 0.230. The minimum atomic E-state index is -3.22. The van der Waals surface area contributed by atoms with Crippen molar-refractivity contribution in [3.05, 3.63) is 35.4 Å². The van der Waals surface area contributed by atoms with Crippen LogP contribution in [0.2, 0.25) is 0 Å². The van der Waals surface area contributed by atoms with Gasteiger partial charge in [-0.2, -0.15) is 0 Å². The third-order valence-electron chi connectivity index (χ3n) is 3.73. The molecule has 1 aromatic carbocycles. The van der Waals surface area contributed by atoms with E-state index in [9.17, 15) is 8.42 Å². The first kappa shape index (κ1) is 16.0. The Bertz CT molecular complexity index is 623. The quantitative estimate of drug-likeness (QED) is 0.832. The SMILES string of the molecule is NCC#Cc1cccc(CNS(=O)(=O)C2CCCCC2)c1. The highest BCUT2D eigenvalue weighted by atomic mass is 32.2. The average Bonchev–Trinajstić information content (AvgIpc) is 2.52. The van der Waals surface area contributed by atoms with Gasteiger partial charge in [0.1, 0.15) is 0 Å². The van der Waals surface area contributed by atoms with Gasteiger partial charge in [-0.25, -0.2) is 13.1 Å². The minimum Gasteiger partial charge on any atom is -0.320 e. The monoisotopic (exact) mass is 306 g/mol. The molecule has 0 spiro atoms. The van der Waals surface area contributed by atoms with Gasteiger partial charge in [0.2, 0.25) is 10.0 Å². The number of rotatable bonds is 4. The Labute approximate surface area is 127 Å². The van der Waals surface area contributed by atoms with Crippen molar-refractivity contribution in [2.75, 3.05) is 6.54 Å². The maximum absolute atomic E-state index is 12.3. The molecule has 0 radical (unpaired) electrons. The van der Waals surface area contributed by atoms with Gasteiger partial charge in [0, 0.05) is 12.1 Å². The molecule has 4 nitrogen and oxygen atoms in total. The highest BCUT2D eigenvalue weighted by Gasteiger charge is 2.26. The number of hydrogen-bond donors (Lipinski definition) is 2. The van der Waals surface area contributed by atoms with Crippen LogP contribution in [-0.2, 0) is 16.6 Å². The molecule has 0 amide bonds. The van der Waals surface area contributed by atoms with Gasteiger partial charge in [-0.05, 0) is 30.5 Å². The van der Waals surface area contributed by atoms with Crippen molar-refractivity contribution >= 4 is 10.0 Å². The number of hydrogen-bond acceptors (Lipinski definition) is 3. The van der Waals surface area contributed by atoms with Crippen molar-refractivity contribution in [1.29, 1.82) is 0 Å².